The van der Waals surface area contributed by atoms with Crippen LogP contribution in [0.1, 0.15) is 5.69 Å². The monoisotopic (exact) mass is 342 g/mol. The summed E-state index contributed by atoms with van der Waals surface area (Å²) in [6.45, 7) is 3.23. The highest BCUT2D eigenvalue weighted by atomic mass is 16.6. The number of benzene rings is 1. The number of nitrogens with zero attached hydrogens (tertiary/aromatic N) is 2. The van der Waals surface area contributed by atoms with Crippen LogP contribution in [0.2, 0.25) is 0 Å². The molecule has 0 saturated carbocycles. The van der Waals surface area contributed by atoms with E-state index in [1.807, 2.05) is 42.6 Å². The van der Waals surface area contributed by atoms with Crippen LogP contribution in [0.5, 0.6) is 0 Å². The van der Waals surface area contributed by atoms with Gasteiger partial charge in [-0.05, 0) is 18.2 Å². The third-order valence-corrected chi connectivity index (χ3v) is 4.51. The van der Waals surface area contributed by atoms with Crippen molar-refractivity contribution in [2.24, 2.45) is 0 Å². The predicted molar refractivity (Wildman–Crippen MR) is 91.6 cm³/mol. The largest absolute Gasteiger partial charge is 0.376 e. The number of rotatable bonds is 5. The van der Waals surface area contributed by atoms with Crippen LogP contribution in [0, 0.1) is 0 Å². The lowest BCUT2D eigenvalue weighted by molar-refractivity contribution is -0.214. The molecule has 7 nitrogen and oxygen atoms in total. The number of carbonyl (C=O) groups excluding carboxylic acids is 1. The maximum absolute atomic E-state index is 12.2. The summed E-state index contributed by atoms with van der Waals surface area (Å²) < 4.78 is 13.4. The Morgan fingerprint density at radius 2 is 2.16 bits per heavy atom. The highest BCUT2D eigenvalue weighted by molar-refractivity contribution is 5.78. The van der Waals surface area contributed by atoms with Crippen molar-refractivity contribution >= 4 is 5.91 Å². The third kappa shape index (κ3) is 3.73. The fraction of sp³-hybridized carbons (Fsp3) is 0.444. The molecule has 1 aromatic carbocycles. The van der Waals surface area contributed by atoms with Crippen molar-refractivity contribution in [1.82, 2.24) is 20.4 Å². The molecule has 2 aliphatic heterocycles. The lowest BCUT2D eigenvalue weighted by Crippen LogP contribution is -2.68. The molecule has 1 spiro atoms. The minimum Gasteiger partial charge on any atom is -0.376 e. The summed E-state index contributed by atoms with van der Waals surface area (Å²) in [6, 6.07) is 11.7. The summed E-state index contributed by atoms with van der Waals surface area (Å²) >= 11 is 0. The third-order valence-electron chi connectivity index (χ3n) is 4.51. The summed E-state index contributed by atoms with van der Waals surface area (Å²) in [7, 11) is 0. The molecule has 132 valence electrons. The number of hydrogen-bond acceptors (Lipinski definition) is 5. The van der Waals surface area contributed by atoms with Crippen LogP contribution < -0.4 is 10.6 Å². The Bertz CT molecular complexity index is 727. The molecule has 2 saturated heterocycles. The van der Waals surface area contributed by atoms with Crippen LogP contribution >= 0.6 is 0 Å². The van der Waals surface area contributed by atoms with E-state index < -0.39 is 0 Å². The Kier molecular flexibility index (Phi) is 4.52. The quantitative estimate of drug-likeness (QED) is 0.817. The zero-order chi connectivity index (χ0) is 17.1. The number of carbonyl (C=O) groups is 1. The minimum atomic E-state index is -0.192. The first-order valence-corrected chi connectivity index (χ1v) is 8.55. The van der Waals surface area contributed by atoms with Crippen LogP contribution in [-0.4, -0.2) is 60.2 Å². The Hall–Kier alpha value is -2.22. The molecule has 2 fully saturated rings. The first-order chi connectivity index (χ1) is 12.2. The van der Waals surface area contributed by atoms with Crippen molar-refractivity contribution in [3.05, 3.63) is 48.3 Å². The fourth-order valence-corrected chi connectivity index (χ4v) is 3.12. The molecule has 4 rings (SSSR count). The van der Waals surface area contributed by atoms with E-state index in [-0.39, 0.29) is 24.0 Å². The topological polar surface area (TPSA) is 77.4 Å². The summed E-state index contributed by atoms with van der Waals surface area (Å²) in [5, 5.41) is 10.6. The van der Waals surface area contributed by atoms with Crippen molar-refractivity contribution < 1.29 is 14.3 Å². The van der Waals surface area contributed by atoms with Gasteiger partial charge in [0.05, 0.1) is 37.1 Å². The van der Waals surface area contributed by atoms with Crippen molar-refractivity contribution in [3.8, 4) is 5.69 Å². The second-order valence-corrected chi connectivity index (χ2v) is 6.61. The Balaban J connectivity index is 1.27. The zero-order valence-electron chi connectivity index (χ0n) is 14.0. The Morgan fingerprint density at radius 1 is 1.32 bits per heavy atom. The second kappa shape index (κ2) is 6.95. The maximum atomic E-state index is 12.2. The number of amides is 1. The van der Waals surface area contributed by atoms with Gasteiger partial charge in [-0.15, -0.1) is 0 Å². The molecule has 1 aromatic heterocycles. The van der Waals surface area contributed by atoms with Crippen molar-refractivity contribution in [2.45, 2.75) is 18.1 Å². The summed E-state index contributed by atoms with van der Waals surface area (Å²) in [5.74, 6) is -0.0618. The smallest absolute Gasteiger partial charge is 0.226 e. The molecule has 7 heteroatoms. The van der Waals surface area contributed by atoms with E-state index in [4.69, 9.17) is 9.47 Å². The SMILES string of the molecule is O=C(Cc1ccn(-c2ccccc2)n1)NCC1COCC2(CNC2)O1. The van der Waals surface area contributed by atoms with E-state index in [1.165, 1.54) is 0 Å². The predicted octanol–water partition coefficient (Wildman–Crippen LogP) is 0.288. The molecule has 0 radical (unpaired) electrons. The van der Waals surface area contributed by atoms with Gasteiger partial charge in [-0.1, -0.05) is 18.2 Å². The molecule has 3 heterocycles. The molecule has 2 N–H and O–H groups in total. The highest BCUT2D eigenvalue weighted by Crippen LogP contribution is 2.23. The van der Waals surface area contributed by atoms with Gasteiger partial charge in [-0.25, -0.2) is 4.68 Å². The van der Waals surface area contributed by atoms with E-state index in [9.17, 15) is 4.79 Å². The molecule has 2 aliphatic rings. The first kappa shape index (κ1) is 16.3. The molecule has 0 aliphatic carbocycles. The molecule has 1 unspecified atom stereocenters. The normalized spacial score (nSPS) is 21.7. The summed E-state index contributed by atoms with van der Waals surface area (Å²) in [6.07, 6.45) is 2.02. The van der Waals surface area contributed by atoms with Crippen molar-refractivity contribution in [3.63, 3.8) is 0 Å². The van der Waals surface area contributed by atoms with Crippen LogP contribution in [0.3, 0.4) is 0 Å². The summed E-state index contributed by atoms with van der Waals surface area (Å²) in [5.41, 5.74) is 1.52. The fourth-order valence-electron chi connectivity index (χ4n) is 3.12. The molecule has 1 atom stereocenters. The van der Waals surface area contributed by atoms with Gasteiger partial charge >= 0.3 is 0 Å². The van der Waals surface area contributed by atoms with E-state index in [0.29, 0.717) is 19.8 Å². The Morgan fingerprint density at radius 3 is 2.92 bits per heavy atom. The van der Waals surface area contributed by atoms with Gasteiger partial charge in [0.1, 0.15) is 5.60 Å². The van der Waals surface area contributed by atoms with Crippen LogP contribution in [-0.2, 0) is 20.7 Å². The molecular weight excluding hydrogens is 320 g/mol. The standard InChI is InChI=1S/C18H22N4O3/c23-17(20-9-16-10-24-13-18(25-16)11-19-12-18)8-14-6-7-22(21-14)15-4-2-1-3-5-15/h1-7,16,19H,8-13H2,(H,20,23). The minimum absolute atomic E-state index is 0.0618. The van der Waals surface area contributed by atoms with Gasteiger partial charge in [0.2, 0.25) is 5.91 Å². The van der Waals surface area contributed by atoms with Crippen molar-refractivity contribution in [2.75, 3.05) is 32.8 Å². The van der Waals surface area contributed by atoms with Crippen molar-refractivity contribution in [1.29, 1.82) is 0 Å². The highest BCUT2D eigenvalue weighted by Gasteiger charge is 2.43. The van der Waals surface area contributed by atoms with E-state index in [2.05, 4.69) is 15.7 Å². The average Bonchev–Trinajstić information content (AvgIpc) is 3.08. The van der Waals surface area contributed by atoms with Crippen LogP contribution in [0.25, 0.3) is 5.69 Å². The average molecular weight is 342 g/mol. The molecule has 1 amide bonds. The Labute approximate surface area is 146 Å². The number of hydrogen-bond donors (Lipinski definition) is 2. The van der Waals surface area contributed by atoms with E-state index in [0.717, 1.165) is 24.5 Å². The van der Waals surface area contributed by atoms with Gasteiger partial charge in [-0.3, -0.25) is 4.79 Å². The van der Waals surface area contributed by atoms with Gasteiger partial charge in [0.15, 0.2) is 0 Å². The molecule has 0 bridgehead atoms. The molecular formula is C18H22N4O3. The lowest BCUT2D eigenvalue weighted by Gasteiger charge is -2.47. The summed E-state index contributed by atoms with van der Waals surface area (Å²) in [4.78, 5) is 12.2. The number of para-hydroxylation sites is 1. The second-order valence-electron chi connectivity index (χ2n) is 6.61. The van der Waals surface area contributed by atoms with E-state index >= 15 is 0 Å². The lowest BCUT2D eigenvalue weighted by atomic mass is 9.96. The first-order valence-electron chi connectivity index (χ1n) is 8.55. The number of ether oxygens (including phenoxy) is 2. The van der Waals surface area contributed by atoms with Gasteiger partial charge in [0.25, 0.3) is 0 Å². The number of nitrogens with one attached hydrogen (secondary N) is 2. The van der Waals surface area contributed by atoms with Crippen LogP contribution in [0.4, 0.5) is 0 Å². The van der Waals surface area contributed by atoms with Gasteiger partial charge < -0.3 is 20.1 Å². The zero-order valence-corrected chi connectivity index (χ0v) is 14.0. The number of aromatic nitrogens is 2. The molecule has 2 aromatic rings. The molecule has 25 heavy (non-hydrogen) atoms. The van der Waals surface area contributed by atoms with Crippen LogP contribution in [0.15, 0.2) is 42.6 Å². The van der Waals surface area contributed by atoms with E-state index in [1.54, 1.807) is 4.68 Å². The maximum Gasteiger partial charge on any atom is 0.226 e. The van der Waals surface area contributed by atoms with Gasteiger partial charge in [-0.2, -0.15) is 5.10 Å². The van der Waals surface area contributed by atoms with Gasteiger partial charge in [0, 0.05) is 25.8 Å².